The fourth-order valence-corrected chi connectivity index (χ4v) is 3.95. The van der Waals surface area contributed by atoms with E-state index in [1.165, 1.54) is 23.1 Å². The number of hydrogen-bond donors (Lipinski definition) is 1. The third kappa shape index (κ3) is 4.45. The number of hydrogen-bond acceptors (Lipinski definition) is 6. The molecule has 0 spiro atoms. The Morgan fingerprint density at radius 1 is 1.23 bits per heavy atom. The zero-order chi connectivity index (χ0) is 16.1. The number of carbonyl (C=O) groups excluding carboxylic acids is 1. The lowest BCUT2D eigenvalue weighted by atomic mass is 10.3. The maximum atomic E-state index is 12.5. The minimum Gasteiger partial charge on any atom is -0.358 e. The molecule has 1 N–H and O–H groups in total. The second-order valence-electron chi connectivity index (χ2n) is 5.17. The summed E-state index contributed by atoms with van der Waals surface area (Å²) >= 11 is 2.91. The number of rotatable bonds is 6. The molecule has 1 aromatic carbocycles. The molecule has 2 aromatic rings. The van der Waals surface area contributed by atoms with Gasteiger partial charge in [-0.05, 0) is 32.9 Å². The average Bonchev–Trinajstić information content (AvgIpc) is 2.92. The molecule has 0 fully saturated rings. The molecule has 5 nitrogen and oxygen atoms in total. The fourth-order valence-electron chi connectivity index (χ4n) is 1.82. The molecular formula is C15H20N4OS2. The molecule has 0 bridgehead atoms. The first-order valence-corrected chi connectivity index (χ1v) is 8.76. The van der Waals surface area contributed by atoms with Crippen LogP contribution in [0.5, 0.6) is 0 Å². The summed E-state index contributed by atoms with van der Waals surface area (Å²) in [7, 11) is 1.79. The van der Waals surface area contributed by atoms with Gasteiger partial charge in [-0.15, -0.1) is 10.2 Å². The zero-order valence-corrected chi connectivity index (χ0v) is 14.7. The van der Waals surface area contributed by atoms with Gasteiger partial charge in [0, 0.05) is 18.8 Å². The minimum absolute atomic E-state index is 0.0461. The van der Waals surface area contributed by atoms with Crippen LogP contribution in [0.15, 0.2) is 34.7 Å². The SMILES string of the molecule is CC(C)Nc1nnc(S[C@H](C)C(=O)N(C)c2ccccc2)s1. The Morgan fingerprint density at radius 3 is 2.55 bits per heavy atom. The molecule has 2 rings (SSSR count). The molecule has 1 aromatic heterocycles. The highest BCUT2D eigenvalue weighted by Crippen LogP contribution is 2.30. The third-order valence-electron chi connectivity index (χ3n) is 2.92. The van der Waals surface area contributed by atoms with E-state index in [1.807, 2.05) is 37.3 Å². The van der Waals surface area contributed by atoms with E-state index in [0.29, 0.717) is 6.04 Å². The topological polar surface area (TPSA) is 58.1 Å². The molecule has 0 aliphatic rings. The molecule has 0 radical (unpaired) electrons. The third-order valence-corrected chi connectivity index (χ3v) is 4.94. The Kier molecular flexibility index (Phi) is 5.79. The van der Waals surface area contributed by atoms with Gasteiger partial charge < -0.3 is 10.2 Å². The van der Waals surface area contributed by atoms with Crippen molar-refractivity contribution >= 4 is 39.8 Å². The predicted molar refractivity (Wildman–Crippen MR) is 93.8 cm³/mol. The molecule has 0 unspecified atom stereocenters. The van der Waals surface area contributed by atoms with Crippen LogP contribution in [0.1, 0.15) is 20.8 Å². The van der Waals surface area contributed by atoms with E-state index in [4.69, 9.17) is 0 Å². The number of nitrogens with zero attached hydrogens (tertiary/aromatic N) is 3. The second-order valence-corrected chi connectivity index (χ2v) is 7.73. The van der Waals surface area contributed by atoms with Gasteiger partial charge in [0.2, 0.25) is 11.0 Å². The van der Waals surface area contributed by atoms with Crippen LogP contribution in [-0.4, -0.2) is 34.4 Å². The van der Waals surface area contributed by atoms with Gasteiger partial charge >= 0.3 is 0 Å². The van der Waals surface area contributed by atoms with Crippen LogP contribution in [0.25, 0.3) is 0 Å². The number of benzene rings is 1. The van der Waals surface area contributed by atoms with Crippen molar-refractivity contribution < 1.29 is 4.79 Å². The van der Waals surface area contributed by atoms with Crippen molar-refractivity contribution in [2.75, 3.05) is 17.3 Å². The van der Waals surface area contributed by atoms with Gasteiger partial charge in [0.15, 0.2) is 4.34 Å². The highest BCUT2D eigenvalue weighted by Gasteiger charge is 2.21. The van der Waals surface area contributed by atoms with Gasteiger partial charge in [-0.25, -0.2) is 0 Å². The van der Waals surface area contributed by atoms with E-state index in [1.54, 1.807) is 11.9 Å². The number of nitrogens with one attached hydrogen (secondary N) is 1. The molecule has 0 saturated heterocycles. The summed E-state index contributed by atoms with van der Waals surface area (Å²) in [5, 5.41) is 12.0. The molecule has 1 amide bonds. The van der Waals surface area contributed by atoms with Gasteiger partial charge in [0.25, 0.3) is 0 Å². The van der Waals surface area contributed by atoms with Crippen molar-refractivity contribution in [2.24, 2.45) is 0 Å². The number of aromatic nitrogens is 2. The molecule has 1 atom stereocenters. The lowest BCUT2D eigenvalue weighted by Gasteiger charge is -2.20. The molecular weight excluding hydrogens is 316 g/mol. The average molecular weight is 336 g/mol. The highest BCUT2D eigenvalue weighted by molar-refractivity contribution is 8.02. The monoisotopic (exact) mass is 336 g/mol. The van der Waals surface area contributed by atoms with Crippen LogP contribution in [0.3, 0.4) is 0 Å². The first-order chi connectivity index (χ1) is 10.5. The van der Waals surface area contributed by atoms with Gasteiger partial charge in [-0.1, -0.05) is 41.3 Å². The Balaban J connectivity index is 1.98. The smallest absolute Gasteiger partial charge is 0.240 e. The normalized spacial score (nSPS) is 12.2. The number of carbonyl (C=O) groups is 1. The Morgan fingerprint density at radius 2 is 1.91 bits per heavy atom. The van der Waals surface area contributed by atoms with E-state index in [-0.39, 0.29) is 11.2 Å². The van der Waals surface area contributed by atoms with Crippen LogP contribution in [0.2, 0.25) is 0 Å². The van der Waals surface area contributed by atoms with Crippen molar-refractivity contribution in [3.05, 3.63) is 30.3 Å². The maximum absolute atomic E-state index is 12.5. The summed E-state index contributed by atoms with van der Waals surface area (Å²) in [4.78, 5) is 14.2. The lowest BCUT2D eigenvalue weighted by molar-refractivity contribution is -0.117. The summed E-state index contributed by atoms with van der Waals surface area (Å²) < 4.78 is 0.797. The fraction of sp³-hybridized carbons (Fsp3) is 0.400. The van der Waals surface area contributed by atoms with Gasteiger partial charge in [0.1, 0.15) is 0 Å². The van der Waals surface area contributed by atoms with Crippen LogP contribution in [-0.2, 0) is 4.79 Å². The van der Waals surface area contributed by atoms with Crippen molar-refractivity contribution in [1.29, 1.82) is 0 Å². The standard InChI is InChI=1S/C15H20N4OS2/c1-10(2)16-14-17-18-15(22-14)21-11(3)13(20)19(4)12-8-6-5-7-9-12/h5-11H,1-4H3,(H,16,17)/t11-/m1/s1. The van der Waals surface area contributed by atoms with E-state index >= 15 is 0 Å². The quantitative estimate of drug-likeness (QED) is 0.818. The van der Waals surface area contributed by atoms with E-state index < -0.39 is 0 Å². The largest absolute Gasteiger partial charge is 0.358 e. The van der Waals surface area contributed by atoms with Gasteiger partial charge in [-0.3, -0.25) is 4.79 Å². The molecule has 0 aliphatic heterocycles. The van der Waals surface area contributed by atoms with Crippen LogP contribution >= 0.6 is 23.1 Å². The Labute approximate surface area is 139 Å². The molecule has 22 heavy (non-hydrogen) atoms. The first kappa shape index (κ1) is 16.8. The summed E-state index contributed by atoms with van der Waals surface area (Å²) in [5.41, 5.74) is 0.888. The molecule has 0 aliphatic carbocycles. The van der Waals surface area contributed by atoms with Gasteiger partial charge in [-0.2, -0.15) is 0 Å². The first-order valence-electron chi connectivity index (χ1n) is 7.06. The number of para-hydroxylation sites is 1. The predicted octanol–water partition coefficient (Wildman–Crippen LogP) is 3.50. The van der Waals surface area contributed by atoms with Crippen LogP contribution in [0, 0.1) is 0 Å². The van der Waals surface area contributed by atoms with Crippen molar-refractivity contribution in [2.45, 2.75) is 36.4 Å². The van der Waals surface area contributed by atoms with Crippen molar-refractivity contribution in [1.82, 2.24) is 10.2 Å². The van der Waals surface area contributed by atoms with Gasteiger partial charge in [0.05, 0.1) is 5.25 Å². The molecule has 0 saturated carbocycles. The summed E-state index contributed by atoms with van der Waals surface area (Å²) in [6.45, 7) is 5.99. The second kappa shape index (κ2) is 7.60. The zero-order valence-electron chi connectivity index (χ0n) is 13.1. The molecule has 1 heterocycles. The van der Waals surface area contributed by atoms with E-state index in [0.717, 1.165) is 15.2 Å². The molecule has 118 valence electrons. The lowest BCUT2D eigenvalue weighted by Crippen LogP contribution is -2.33. The summed E-state index contributed by atoms with van der Waals surface area (Å²) in [5.74, 6) is 0.0461. The van der Waals surface area contributed by atoms with Crippen LogP contribution in [0.4, 0.5) is 10.8 Å². The van der Waals surface area contributed by atoms with Crippen molar-refractivity contribution in [3.8, 4) is 0 Å². The summed E-state index contributed by atoms with van der Waals surface area (Å²) in [6, 6.07) is 9.94. The number of thioether (sulfide) groups is 1. The summed E-state index contributed by atoms with van der Waals surface area (Å²) in [6.07, 6.45) is 0. The Bertz CT molecular complexity index is 615. The van der Waals surface area contributed by atoms with Crippen molar-refractivity contribution in [3.63, 3.8) is 0 Å². The van der Waals surface area contributed by atoms with Crippen LogP contribution < -0.4 is 10.2 Å². The number of anilines is 2. The Hall–Kier alpha value is -1.60. The van der Waals surface area contributed by atoms with E-state index in [9.17, 15) is 4.79 Å². The maximum Gasteiger partial charge on any atom is 0.240 e. The van der Waals surface area contributed by atoms with E-state index in [2.05, 4.69) is 29.4 Å². The number of amides is 1. The highest BCUT2D eigenvalue weighted by atomic mass is 32.2. The molecule has 7 heteroatoms. The minimum atomic E-state index is -0.218.